The molecule has 0 saturated carbocycles. The van der Waals surface area contributed by atoms with Crippen LogP contribution in [0.5, 0.6) is 0 Å². The van der Waals surface area contributed by atoms with E-state index in [-0.39, 0.29) is 11.6 Å². The minimum absolute atomic E-state index is 0.0385. The number of hydrogen-bond acceptors (Lipinski definition) is 3. The van der Waals surface area contributed by atoms with Crippen molar-refractivity contribution in [1.82, 2.24) is 9.78 Å². The summed E-state index contributed by atoms with van der Waals surface area (Å²) in [5.41, 5.74) is 0.320. The van der Waals surface area contributed by atoms with Gasteiger partial charge in [-0.1, -0.05) is 0 Å². The molecule has 0 amide bonds. The molecule has 2 aromatic rings. The molecule has 0 fully saturated rings. The van der Waals surface area contributed by atoms with Gasteiger partial charge in [0.15, 0.2) is 0 Å². The summed E-state index contributed by atoms with van der Waals surface area (Å²) in [5, 5.41) is 16.2. The summed E-state index contributed by atoms with van der Waals surface area (Å²) in [7, 11) is 0. The van der Waals surface area contributed by atoms with Gasteiger partial charge in [-0.15, -0.1) is 0 Å². The summed E-state index contributed by atoms with van der Waals surface area (Å²) < 4.78 is 14.8. The Balaban J connectivity index is 2.12. The Morgan fingerprint density at radius 2 is 2.37 bits per heavy atom. The standard InChI is InChI=1S/C13H14FN3O2/c1-9(8-17-6-2-5-15-17)16-12-4-3-10(14)7-11(12)13(18)19/h2-7,9,16H,8H2,1H3,(H,18,19). The van der Waals surface area contributed by atoms with Crippen molar-refractivity contribution < 1.29 is 14.3 Å². The van der Waals surface area contributed by atoms with Crippen LogP contribution in [0.1, 0.15) is 17.3 Å². The summed E-state index contributed by atoms with van der Waals surface area (Å²) in [6.07, 6.45) is 3.49. The Bertz CT molecular complexity index is 569. The van der Waals surface area contributed by atoms with E-state index in [9.17, 15) is 9.18 Å². The number of carbonyl (C=O) groups is 1. The van der Waals surface area contributed by atoms with Gasteiger partial charge in [-0.3, -0.25) is 4.68 Å². The maximum absolute atomic E-state index is 13.0. The molecule has 0 aliphatic carbocycles. The van der Waals surface area contributed by atoms with Gasteiger partial charge in [0.1, 0.15) is 5.82 Å². The molecule has 1 aromatic carbocycles. The van der Waals surface area contributed by atoms with E-state index in [2.05, 4.69) is 10.4 Å². The summed E-state index contributed by atoms with van der Waals surface area (Å²) in [6, 6.07) is 5.44. The van der Waals surface area contributed by atoms with Gasteiger partial charge in [-0.2, -0.15) is 5.10 Å². The number of aromatic carboxylic acids is 1. The maximum Gasteiger partial charge on any atom is 0.337 e. The van der Waals surface area contributed by atoms with Crippen LogP contribution in [0, 0.1) is 5.82 Å². The van der Waals surface area contributed by atoms with Crippen molar-refractivity contribution in [2.45, 2.75) is 19.5 Å². The Kier molecular flexibility index (Phi) is 3.79. The first-order valence-electron chi connectivity index (χ1n) is 5.83. The molecule has 0 bridgehead atoms. The molecule has 0 radical (unpaired) electrons. The van der Waals surface area contributed by atoms with Crippen LogP contribution in [0.15, 0.2) is 36.7 Å². The summed E-state index contributed by atoms with van der Waals surface area (Å²) in [5.74, 6) is -1.73. The number of halogens is 1. The highest BCUT2D eigenvalue weighted by Crippen LogP contribution is 2.18. The molecule has 6 heteroatoms. The molecule has 19 heavy (non-hydrogen) atoms. The fourth-order valence-corrected chi connectivity index (χ4v) is 1.82. The first kappa shape index (κ1) is 13.1. The molecule has 5 nitrogen and oxygen atoms in total. The van der Waals surface area contributed by atoms with E-state index >= 15 is 0 Å². The van der Waals surface area contributed by atoms with Gasteiger partial charge < -0.3 is 10.4 Å². The van der Waals surface area contributed by atoms with Crippen molar-refractivity contribution in [3.05, 3.63) is 48.0 Å². The van der Waals surface area contributed by atoms with Crippen LogP contribution < -0.4 is 5.32 Å². The first-order valence-corrected chi connectivity index (χ1v) is 5.83. The highest BCUT2D eigenvalue weighted by Gasteiger charge is 2.13. The van der Waals surface area contributed by atoms with E-state index in [1.54, 1.807) is 10.9 Å². The minimum Gasteiger partial charge on any atom is -0.478 e. The number of hydrogen-bond donors (Lipinski definition) is 2. The molecule has 0 aliphatic heterocycles. The van der Waals surface area contributed by atoms with E-state index in [4.69, 9.17) is 5.11 Å². The fourth-order valence-electron chi connectivity index (χ4n) is 1.82. The highest BCUT2D eigenvalue weighted by molar-refractivity contribution is 5.94. The third-order valence-electron chi connectivity index (χ3n) is 2.63. The topological polar surface area (TPSA) is 67.2 Å². The van der Waals surface area contributed by atoms with Gasteiger partial charge in [0.25, 0.3) is 0 Å². The zero-order valence-corrected chi connectivity index (χ0v) is 10.4. The van der Waals surface area contributed by atoms with Gasteiger partial charge >= 0.3 is 5.97 Å². The molecule has 1 atom stereocenters. The number of carboxylic acid groups (broad SMARTS) is 1. The van der Waals surface area contributed by atoms with Crippen molar-refractivity contribution in [2.24, 2.45) is 0 Å². The molecular weight excluding hydrogens is 249 g/mol. The van der Waals surface area contributed by atoms with E-state index < -0.39 is 11.8 Å². The predicted octanol–water partition coefficient (Wildman–Crippen LogP) is 2.22. The average Bonchev–Trinajstić information content (AvgIpc) is 2.83. The van der Waals surface area contributed by atoms with Gasteiger partial charge in [0.05, 0.1) is 12.1 Å². The number of rotatable bonds is 5. The third kappa shape index (κ3) is 3.31. The van der Waals surface area contributed by atoms with Crippen molar-refractivity contribution in [3.8, 4) is 0 Å². The van der Waals surface area contributed by atoms with E-state index in [1.165, 1.54) is 12.1 Å². The van der Waals surface area contributed by atoms with Crippen LogP contribution in [0.2, 0.25) is 0 Å². The second kappa shape index (κ2) is 5.51. The van der Waals surface area contributed by atoms with Crippen LogP contribution in [-0.4, -0.2) is 26.9 Å². The largest absolute Gasteiger partial charge is 0.478 e. The van der Waals surface area contributed by atoms with Gasteiger partial charge in [0.2, 0.25) is 0 Å². The van der Waals surface area contributed by atoms with Crippen molar-refractivity contribution in [3.63, 3.8) is 0 Å². The fraction of sp³-hybridized carbons (Fsp3) is 0.231. The molecule has 0 saturated heterocycles. The van der Waals surface area contributed by atoms with Crippen LogP contribution in [0.3, 0.4) is 0 Å². The molecule has 2 rings (SSSR count). The normalized spacial score (nSPS) is 12.1. The Labute approximate surface area is 109 Å². The van der Waals surface area contributed by atoms with E-state index in [0.717, 1.165) is 6.07 Å². The molecular formula is C13H14FN3O2. The van der Waals surface area contributed by atoms with Crippen LogP contribution in [-0.2, 0) is 6.54 Å². The Hall–Kier alpha value is -2.37. The van der Waals surface area contributed by atoms with Crippen molar-refractivity contribution >= 4 is 11.7 Å². The SMILES string of the molecule is CC(Cn1cccn1)Nc1ccc(F)cc1C(=O)O. The van der Waals surface area contributed by atoms with Gasteiger partial charge in [-0.25, -0.2) is 9.18 Å². The summed E-state index contributed by atoms with van der Waals surface area (Å²) in [4.78, 5) is 11.0. The Morgan fingerprint density at radius 3 is 3.00 bits per heavy atom. The number of nitrogens with one attached hydrogen (secondary N) is 1. The van der Waals surface area contributed by atoms with Crippen LogP contribution >= 0.6 is 0 Å². The third-order valence-corrected chi connectivity index (χ3v) is 2.63. The quantitative estimate of drug-likeness (QED) is 0.868. The zero-order valence-electron chi connectivity index (χ0n) is 10.4. The van der Waals surface area contributed by atoms with E-state index in [0.29, 0.717) is 12.2 Å². The number of nitrogens with zero attached hydrogens (tertiary/aromatic N) is 2. The lowest BCUT2D eigenvalue weighted by Gasteiger charge is -2.17. The average molecular weight is 263 g/mol. The molecule has 0 aliphatic rings. The van der Waals surface area contributed by atoms with Crippen molar-refractivity contribution in [2.75, 3.05) is 5.32 Å². The lowest BCUT2D eigenvalue weighted by atomic mass is 10.1. The minimum atomic E-state index is -1.16. The Morgan fingerprint density at radius 1 is 1.58 bits per heavy atom. The highest BCUT2D eigenvalue weighted by atomic mass is 19.1. The number of aromatic nitrogens is 2. The second-order valence-corrected chi connectivity index (χ2v) is 4.27. The maximum atomic E-state index is 13.0. The zero-order chi connectivity index (χ0) is 13.8. The molecule has 0 spiro atoms. The van der Waals surface area contributed by atoms with Crippen LogP contribution in [0.25, 0.3) is 0 Å². The molecule has 100 valence electrons. The summed E-state index contributed by atoms with van der Waals surface area (Å²) >= 11 is 0. The number of anilines is 1. The predicted molar refractivity (Wildman–Crippen MR) is 68.7 cm³/mol. The van der Waals surface area contributed by atoms with Crippen LogP contribution in [0.4, 0.5) is 10.1 Å². The lowest BCUT2D eigenvalue weighted by molar-refractivity contribution is 0.0697. The monoisotopic (exact) mass is 263 g/mol. The van der Waals surface area contributed by atoms with Gasteiger partial charge in [0, 0.05) is 24.1 Å². The molecule has 1 unspecified atom stereocenters. The smallest absolute Gasteiger partial charge is 0.337 e. The number of carboxylic acids is 1. The molecule has 1 aromatic heterocycles. The molecule has 1 heterocycles. The van der Waals surface area contributed by atoms with Crippen molar-refractivity contribution in [1.29, 1.82) is 0 Å². The van der Waals surface area contributed by atoms with E-state index in [1.807, 2.05) is 19.2 Å². The lowest BCUT2D eigenvalue weighted by Crippen LogP contribution is -2.23. The second-order valence-electron chi connectivity index (χ2n) is 4.27. The summed E-state index contributed by atoms with van der Waals surface area (Å²) in [6.45, 7) is 2.49. The first-order chi connectivity index (χ1) is 9.06. The molecule has 2 N–H and O–H groups in total. The number of benzene rings is 1. The van der Waals surface area contributed by atoms with Gasteiger partial charge in [-0.05, 0) is 31.2 Å².